The number of carbonyl (C=O) groups is 2. The van der Waals surface area contributed by atoms with Crippen molar-refractivity contribution in [3.63, 3.8) is 0 Å². The Balaban J connectivity index is 2.01. The second kappa shape index (κ2) is 8.14. The van der Waals surface area contributed by atoms with E-state index in [2.05, 4.69) is 10.1 Å². The van der Waals surface area contributed by atoms with Gasteiger partial charge in [-0.1, -0.05) is 6.07 Å². The third-order valence-corrected chi connectivity index (χ3v) is 3.40. The largest absolute Gasteiger partial charge is 0.493 e. The number of hydrogen-bond donors (Lipinski definition) is 1. The lowest BCUT2D eigenvalue weighted by molar-refractivity contribution is -0.118. The normalized spacial score (nSPS) is 10.1. The number of amides is 1. The Kier molecular flexibility index (Phi) is 5.94. The Morgan fingerprint density at radius 3 is 2.48 bits per heavy atom. The van der Waals surface area contributed by atoms with Gasteiger partial charge in [0.2, 0.25) is 0 Å². The number of methoxy groups -OCH3 is 2. The first-order valence-electron chi connectivity index (χ1n) is 7.39. The predicted octanol–water partition coefficient (Wildman–Crippen LogP) is 2.95. The minimum absolute atomic E-state index is 0.289. The molecule has 132 valence electrons. The van der Waals surface area contributed by atoms with Gasteiger partial charge in [0, 0.05) is 5.69 Å². The molecule has 0 aliphatic rings. The Morgan fingerprint density at radius 1 is 1.08 bits per heavy atom. The summed E-state index contributed by atoms with van der Waals surface area (Å²) in [4.78, 5) is 23.4. The monoisotopic (exact) mass is 347 g/mol. The van der Waals surface area contributed by atoms with Gasteiger partial charge in [-0.3, -0.25) is 4.79 Å². The predicted molar refractivity (Wildman–Crippen MR) is 89.6 cm³/mol. The molecule has 0 saturated carbocycles. The Bertz CT molecular complexity index is 791. The van der Waals surface area contributed by atoms with Crippen LogP contribution in [0.15, 0.2) is 36.4 Å². The van der Waals surface area contributed by atoms with Gasteiger partial charge >= 0.3 is 5.97 Å². The van der Waals surface area contributed by atoms with Crippen LogP contribution >= 0.6 is 0 Å². The van der Waals surface area contributed by atoms with Crippen LogP contribution in [0, 0.1) is 12.7 Å². The molecule has 0 radical (unpaired) electrons. The van der Waals surface area contributed by atoms with Gasteiger partial charge in [-0.2, -0.15) is 0 Å². The molecule has 1 N–H and O–H groups in total. The average molecular weight is 347 g/mol. The van der Waals surface area contributed by atoms with E-state index in [9.17, 15) is 14.0 Å². The zero-order valence-electron chi connectivity index (χ0n) is 14.1. The van der Waals surface area contributed by atoms with Crippen molar-refractivity contribution in [2.45, 2.75) is 6.92 Å². The van der Waals surface area contributed by atoms with Crippen LogP contribution in [0.25, 0.3) is 0 Å². The van der Waals surface area contributed by atoms with E-state index in [-0.39, 0.29) is 12.4 Å². The molecule has 2 rings (SSSR count). The molecule has 0 aliphatic carbocycles. The van der Waals surface area contributed by atoms with Crippen LogP contribution < -0.4 is 14.8 Å². The van der Waals surface area contributed by atoms with Gasteiger partial charge in [0.1, 0.15) is 5.82 Å². The molecule has 6 nitrogen and oxygen atoms in total. The van der Waals surface area contributed by atoms with E-state index < -0.39 is 17.7 Å². The van der Waals surface area contributed by atoms with Crippen molar-refractivity contribution in [1.82, 2.24) is 0 Å². The number of halogens is 1. The summed E-state index contributed by atoms with van der Waals surface area (Å²) in [7, 11) is 2.69. The zero-order valence-corrected chi connectivity index (χ0v) is 14.1. The van der Waals surface area contributed by atoms with Gasteiger partial charge in [0.15, 0.2) is 18.1 Å². The maximum Gasteiger partial charge on any atom is 0.337 e. The summed E-state index contributed by atoms with van der Waals surface area (Å²) >= 11 is 0. The third kappa shape index (κ3) is 4.69. The molecule has 0 unspecified atom stereocenters. The summed E-state index contributed by atoms with van der Waals surface area (Å²) in [5, 5.41) is 2.54. The van der Waals surface area contributed by atoms with Crippen LogP contribution in [0.5, 0.6) is 11.5 Å². The Labute approximate surface area is 144 Å². The molecule has 0 saturated heterocycles. The zero-order chi connectivity index (χ0) is 18.4. The number of benzene rings is 2. The molecule has 0 aromatic heterocycles. The second-order valence-electron chi connectivity index (χ2n) is 5.16. The van der Waals surface area contributed by atoms with Gasteiger partial charge in [-0.25, -0.2) is 9.18 Å². The summed E-state index contributed by atoms with van der Waals surface area (Å²) in [6.07, 6.45) is 0. The molecule has 7 heteroatoms. The van der Waals surface area contributed by atoms with Crippen LogP contribution in [0.2, 0.25) is 0 Å². The van der Waals surface area contributed by atoms with Crippen LogP contribution in [0.1, 0.15) is 15.9 Å². The molecule has 2 aromatic carbocycles. The van der Waals surface area contributed by atoms with Crippen LogP contribution in [-0.2, 0) is 9.53 Å². The fourth-order valence-corrected chi connectivity index (χ4v) is 2.04. The first kappa shape index (κ1) is 18.3. The summed E-state index contributed by atoms with van der Waals surface area (Å²) in [5.41, 5.74) is 1.13. The number of esters is 1. The molecule has 0 fully saturated rings. The Hall–Kier alpha value is -3.09. The molecule has 1 amide bonds. The first-order valence-corrected chi connectivity index (χ1v) is 7.39. The number of hydrogen-bond acceptors (Lipinski definition) is 5. The molecule has 0 aliphatic heterocycles. The smallest absolute Gasteiger partial charge is 0.337 e. The van der Waals surface area contributed by atoms with Crippen LogP contribution in [-0.4, -0.2) is 32.7 Å². The van der Waals surface area contributed by atoms with Gasteiger partial charge in [-0.05, 0) is 42.8 Å². The molecule has 25 heavy (non-hydrogen) atoms. The summed E-state index contributed by atoms with van der Waals surface area (Å²) < 4.78 is 28.7. The van der Waals surface area contributed by atoms with Crippen molar-refractivity contribution in [1.29, 1.82) is 0 Å². The van der Waals surface area contributed by atoms with Crippen molar-refractivity contribution in [2.75, 3.05) is 26.1 Å². The molecule has 0 heterocycles. The number of aryl methyl sites for hydroxylation is 1. The first-order chi connectivity index (χ1) is 11.9. The van der Waals surface area contributed by atoms with Gasteiger partial charge in [0.05, 0.1) is 19.8 Å². The maximum atomic E-state index is 13.5. The number of rotatable bonds is 6. The van der Waals surface area contributed by atoms with E-state index in [1.165, 1.54) is 38.5 Å². The quantitative estimate of drug-likeness (QED) is 0.813. The lowest BCUT2D eigenvalue weighted by Crippen LogP contribution is -2.20. The second-order valence-corrected chi connectivity index (χ2v) is 5.16. The minimum Gasteiger partial charge on any atom is -0.493 e. The van der Waals surface area contributed by atoms with Crippen LogP contribution in [0.3, 0.4) is 0 Å². The van der Waals surface area contributed by atoms with E-state index in [1.54, 1.807) is 19.1 Å². The number of ether oxygens (including phenoxy) is 3. The van der Waals surface area contributed by atoms with Gasteiger partial charge < -0.3 is 19.5 Å². The van der Waals surface area contributed by atoms with Crippen molar-refractivity contribution in [3.05, 3.63) is 53.3 Å². The molecular formula is C18H18FNO5. The molecule has 0 bridgehead atoms. The van der Waals surface area contributed by atoms with Crippen molar-refractivity contribution in [3.8, 4) is 11.5 Å². The summed E-state index contributed by atoms with van der Waals surface area (Å²) in [5.74, 6) is -0.789. The van der Waals surface area contributed by atoms with E-state index in [4.69, 9.17) is 9.47 Å². The lowest BCUT2D eigenvalue weighted by atomic mass is 10.2. The van der Waals surface area contributed by atoms with E-state index in [0.29, 0.717) is 22.6 Å². The topological polar surface area (TPSA) is 73.9 Å². The fourth-order valence-electron chi connectivity index (χ4n) is 2.04. The van der Waals surface area contributed by atoms with Gasteiger partial charge in [0.25, 0.3) is 5.91 Å². The standard InChI is InChI=1S/C18H18FNO5/c1-11-4-6-13(9-14(11)19)20-17(21)10-25-15-7-5-12(18(22)24-3)8-16(15)23-2/h4-9H,10H2,1-3H3,(H,20,21). The van der Waals surface area contributed by atoms with E-state index in [1.807, 2.05) is 0 Å². The highest BCUT2D eigenvalue weighted by Gasteiger charge is 2.13. The summed E-state index contributed by atoms with van der Waals surface area (Å²) in [6.45, 7) is 1.33. The maximum absolute atomic E-state index is 13.5. The van der Waals surface area contributed by atoms with Gasteiger partial charge in [-0.15, -0.1) is 0 Å². The average Bonchev–Trinajstić information content (AvgIpc) is 2.62. The molecule has 0 atom stereocenters. The number of nitrogens with one attached hydrogen (secondary N) is 1. The molecule has 0 spiro atoms. The van der Waals surface area contributed by atoms with E-state index >= 15 is 0 Å². The van der Waals surface area contributed by atoms with Crippen LogP contribution in [0.4, 0.5) is 10.1 Å². The fraction of sp³-hybridized carbons (Fsp3) is 0.222. The minimum atomic E-state index is -0.510. The highest BCUT2D eigenvalue weighted by atomic mass is 19.1. The highest BCUT2D eigenvalue weighted by Crippen LogP contribution is 2.28. The summed E-state index contributed by atoms with van der Waals surface area (Å²) in [6, 6.07) is 8.86. The van der Waals surface area contributed by atoms with E-state index in [0.717, 1.165) is 0 Å². The number of anilines is 1. The molecular weight excluding hydrogens is 329 g/mol. The number of carbonyl (C=O) groups excluding carboxylic acids is 2. The highest BCUT2D eigenvalue weighted by molar-refractivity contribution is 5.92. The molecule has 2 aromatic rings. The third-order valence-electron chi connectivity index (χ3n) is 3.40. The van der Waals surface area contributed by atoms with Crippen molar-refractivity contribution < 1.29 is 28.2 Å². The van der Waals surface area contributed by atoms with Crippen molar-refractivity contribution >= 4 is 17.6 Å². The van der Waals surface area contributed by atoms with Crippen molar-refractivity contribution in [2.24, 2.45) is 0 Å². The SMILES string of the molecule is COC(=O)c1ccc(OCC(=O)Nc2ccc(C)c(F)c2)c(OC)c1. The Morgan fingerprint density at radius 2 is 1.84 bits per heavy atom. The lowest BCUT2D eigenvalue weighted by Gasteiger charge is -2.12.